The first-order valence-corrected chi connectivity index (χ1v) is 8.61. The number of benzene rings is 1. The Labute approximate surface area is 138 Å². The van der Waals surface area contributed by atoms with Gasteiger partial charge in [-0.25, -0.2) is 4.99 Å². The molecular formula is C18H28N4O. The third kappa shape index (κ3) is 7.17. The number of carbonyl (C=O) groups is 1. The number of hydrogen-bond donors (Lipinski definition) is 3. The van der Waals surface area contributed by atoms with Crippen LogP contribution in [0.3, 0.4) is 0 Å². The highest BCUT2D eigenvalue weighted by molar-refractivity contribution is 5.84. The molecule has 2 rings (SSSR count). The molecule has 0 aromatic heterocycles. The monoisotopic (exact) mass is 316 g/mol. The molecule has 0 heterocycles. The van der Waals surface area contributed by atoms with Gasteiger partial charge in [-0.05, 0) is 24.8 Å². The van der Waals surface area contributed by atoms with Crippen LogP contribution in [0.4, 0.5) is 0 Å². The van der Waals surface area contributed by atoms with E-state index in [1.54, 1.807) is 0 Å². The fourth-order valence-electron chi connectivity index (χ4n) is 2.88. The van der Waals surface area contributed by atoms with Gasteiger partial charge in [-0.2, -0.15) is 0 Å². The summed E-state index contributed by atoms with van der Waals surface area (Å²) in [6.45, 7) is 0.703. The van der Waals surface area contributed by atoms with Crippen LogP contribution in [0.1, 0.15) is 44.1 Å². The second kappa shape index (κ2) is 9.87. The first-order valence-electron chi connectivity index (χ1n) is 8.61. The fraction of sp³-hybridized carbons (Fsp3) is 0.556. The van der Waals surface area contributed by atoms with Gasteiger partial charge in [0.2, 0.25) is 5.91 Å². The molecule has 1 saturated carbocycles. The van der Waals surface area contributed by atoms with Crippen molar-refractivity contribution >= 4 is 11.9 Å². The van der Waals surface area contributed by atoms with Crippen LogP contribution in [0.2, 0.25) is 0 Å². The quantitative estimate of drug-likeness (QED) is 0.426. The minimum Gasteiger partial charge on any atom is -0.370 e. The number of nitrogens with one attached hydrogen (secondary N) is 2. The predicted molar refractivity (Wildman–Crippen MR) is 94.3 cm³/mol. The van der Waals surface area contributed by atoms with E-state index in [2.05, 4.69) is 27.8 Å². The van der Waals surface area contributed by atoms with E-state index in [-0.39, 0.29) is 12.5 Å². The molecule has 1 aliphatic carbocycles. The second-order valence-electron chi connectivity index (χ2n) is 6.12. The smallest absolute Gasteiger partial charge is 0.241 e. The molecule has 23 heavy (non-hydrogen) atoms. The van der Waals surface area contributed by atoms with Crippen molar-refractivity contribution in [2.24, 2.45) is 10.7 Å². The third-order valence-electron chi connectivity index (χ3n) is 4.18. The average molecular weight is 316 g/mol. The molecule has 0 aliphatic heterocycles. The van der Waals surface area contributed by atoms with Crippen molar-refractivity contribution in [2.45, 2.75) is 51.0 Å². The van der Waals surface area contributed by atoms with E-state index in [1.165, 1.54) is 31.2 Å². The Morgan fingerprint density at radius 2 is 1.83 bits per heavy atom. The first kappa shape index (κ1) is 17.3. The Bertz CT molecular complexity index is 493. The van der Waals surface area contributed by atoms with E-state index < -0.39 is 0 Å². The maximum absolute atomic E-state index is 11.8. The van der Waals surface area contributed by atoms with Gasteiger partial charge in [-0.15, -0.1) is 0 Å². The zero-order valence-corrected chi connectivity index (χ0v) is 13.8. The number of amides is 1. The van der Waals surface area contributed by atoms with Gasteiger partial charge in [-0.3, -0.25) is 4.79 Å². The summed E-state index contributed by atoms with van der Waals surface area (Å²) in [6, 6.07) is 10.5. The topological polar surface area (TPSA) is 79.5 Å². The first-order chi connectivity index (χ1) is 11.2. The largest absolute Gasteiger partial charge is 0.370 e. The molecule has 1 aliphatic rings. The van der Waals surface area contributed by atoms with E-state index in [9.17, 15) is 4.79 Å². The van der Waals surface area contributed by atoms with Gasteiger partial charge in [-0.1, -0.05) is 56.0 Å². The second-order valence-corrected chi connectivity index (χ2v) is 6.12. The lowest BCUT2D eigenvalue weighted by Crippen LogP contribution is -2.40. The number of hydrogen-bond acceptors (Lipinski definition) is 2. The van der Waals surface area contributed by atoms with Crippen LogP contribution in [0, 0.1) is 0 Å². The van der Waals surface area contributed by atoms with Gasteiger partial charge >= 0.3 is 0 Å². The van der Waals surface area contributed by atoms with Crippen LogP contribution in [-0.2, 0) is 11.2 Å². The van der Waals surface area contributed by atoms with Crippen LogP contribution in [0.15, 0.2) is 35.3 Å². The number of guanidine groups is 1. The maximum atomic E-state index is 11.8. The molecule has 0 spiro atoms. The highest BCUT2D eigenvalue weighted by Gasteiger charge is 2.12. The van der Waals surface area contributed by atoms with Crippen molar-refractivity contribution in [3.63, 3.8) is 0 Å². The summed E-state index contributed by atoms with van der Waals surface area (Å²) in [7, 11) is 0. The van der Waals surface area contributed by atoms with Gasteiger partial charge in [0.15, 0.2) is 5.96 Å². The lowest BCUT2D eigenvalue weighted by atomic mass is 10.1. The highest BCUT2D eigenvalue weighted by Crippen LogP contribution is 2.16. The zero-order chi connectivity index (χ0) is 16.3. The Kier molecular flexibility index (Phi) is 7.43. The van der Waals surface area contributed by atoms with Crippen LogP contribution in [0.25, 0.3) is 0 Å². The number of aliphatic imine (C=N–C) groups is 1. The van der Waals surface area contributed by atoms with Crippen LogP contribution >= 0.6 is 0 Å². The average Bonchev–Trinajstić information content (AvgIpc) is 2.83. The van der Waals surface area contributed by atoms with Gasteiger partial charge in [0.1, 0.15) is 6.54 Å². The van der Waals surface area contributed by atoms with E-state index >= 15 is 0 Å². The number of carbonyl (C=O) groups excluding carboxylic acids is 1. The van der Waals surface area contributed by atoms with Crippen LogP contribution < -0.4 is 16.4 Å². The van der Waals surface area contributed by atoms with Crippen molar-refractivity contribution < 1.29 is 4.79 Å². The molecule has 1 amide bonds. The number of nitrogens with zero attached hydrogens (tertiary/aromatic N) is 1. The molecule has 126 valence electrons. The standard InChI is InChI=1S/C18H28N4O/c19-18(22-16-10-6-1-2-7-11-16)21-14-17(23)20-13-12-15-8-4-3-5-9-15/h3-5,8-9,16H,1-2,6-7,10-14H2,(H,20,23)(H3,19,21,22). The Morgan fingerprint density at radius 3 is 2.52 bits per heavy atom. The van der Waals surface area contributed by atoms with Gasteiger partial charge < -0.3 is 16.4 Å². The third-order valence-corrected chi connectivity index (χ3v) is 4.18. The lowest BCUT2D eigenvalue weighted by molar-refractivity contribution is -0.119. The molecule has 0 bridgehead atoms. The number of nitrogens with two attached hydrogens (primary N) is 1. The molecule has 5 heteroatoms. The highest BCUT2D eigenvalue weighted by atomic mass is 16.1. The number of rotatable bonds is 6. The van der Waals surface area contributed by atoms with E-state index in [0.29, 0.717) is 18.5 Å². The zero-order valence-electron chi connectivity index (χ0n) is 13.8. The summed E-state index contributed by atoms with van der Waals surface area (Å²) in [6.07, 6.45) is 8.19. The normalized spacial score (nSPS) is 16.6. The maximum Gasteiger partial charge on any atom is 0.241 e. The van der Waals surface area contributed by atoms with Gasteiger partial charge in [0.25, 0.3) is 0 Å². The van der Waals surface area contributed by atoms with E-state index in [1.807, 2.05) is 18.2 Å². The molecule has 1 fully saturated rings. The van der Waals surface area contributed by atoms with Crippen LogP contribution in [-0.4, -0.2) is 31.0 Å². The molecule has 1 aromatic carbocycles. The molecular weight excluding hydrogens is 288 g/mol. The SMILES string of the molecule is NC(=NCC(=O)NCCc1ccccc1)NC1CCCCCC1. The van der Waals surface area contributed by atoms with Crippen LogP contribution in [0.5, 0.6) is 0 Å². The minimum atomic E-state index is -0.0912. The summed E-state index contributed by atoms with van der Waals surface area (Å²) in [5.74, 6) is 0.293. The summed E-state index contributed by atoms with van der Waals surface area (Å²) in [5.41, 5.74) is 7.10. The summed E-state index contributed by atoms with van der Waals surface area (Å²) in [4.78, 5) is 15.9. The molecule has 0 unspecified atom stereocenters. The van der Waals surface area contributed by atoms with Crippen molar-refractivity contribution in [2.75, 3.05) is 13.1 Å². The van der Waals surface area contributed by atoms with E-state index in [0.717, 1.165) is 19.3 Å². The summed E-state index contributed by atoms with van der Waals surface area (Å²) in [5, 5.41) is 6.11. The van der Waals surface area contributed by atoms with Crippen molar-refractivity contribution in [1.29, 1.82) is 0 Å². The van der Waals surface area contributed by atoms with Gasteiger partial charge in [0, 0.05) is 12.6 Å². The summed E-state index contributed by atoms with van der Waals surface area (Å²) < 4.78 is 0. The summed E-state index contributed by atoms with van der Waals surface area (Å²) >= 11 is 0. The van der Waals surface area contributed by atoms with Crippen molar-refractivity contribution in [1.82, 2.24) is 10.6 Å². The van der Waals surface area contributed by atoms with Crippen molar-refractivity contribution in [3.8, 4) is 0 Å². The molecule has 1 aromatic rings. The molecule has 5 nitrogen and oxygen atoms in total. The van der Waals surface area contributed by atoms with Crippen molar-refractivity contribution in [3.05, 3.63) is 35.9 Å². The predicted octanol–water partition coefficient (Wildman–Crippen LogP) is 1.97. The fourth-order valence-corrected chi connectivity index (χ4v) is 2.88. The Hall–Kier alpha value is -2.04. The molecule has 0 atom stereocenters. The van der Waals surface area contributed by atoms with E-state index in [4.69, 9.17) is 5.73 Å². The Morgan fingerprint density at radius 1 is 1.13 bits per heavy atom. The molecule has 4 N–H and O–H groups in total. The molecule has 0 radical (unpaired) electrons. The lowest BCUT2D eigenvalue weighted by Gasteiger charge is -2.16. The Balaban J connectivity index is 1.63. The molecule has 0 saturated heterocycles. The minimum absolute atomic E-state index is 0.0837. The van der Waals surface area contributed by atoms with Gasteiger partial charge in [0.05, 0.1) is 0 Å².